The van der Waals surface area contributed by atoms with E-state index in [0.717, 1.165) is 6.07 Å². The molecule has 7 heteroatoms. The van der Waals surface area contributed by atoms with Gasteiger partial charge in [-0.3, -0.25) is 10.1 Å². The summed E-state index contributed by atoms with van der Waals surface area (Å²) in [5.41, 5.74) is -1.33. The third-order valence-corrected chi connectivity index (χ3v) is 2.73. The normalized spacial score (nSPS) is 11.4. The van der Waals surface area contributed by atoms with Crippen LogP contribution in [0, 0.1) is 28.3 Å². The van der Waals surface area contributed by atoms with E-state index in [4.69, 9.17) is 11.5 Å². The van der Waals surface area contributed by atoms with Gasteiger partial charge in [0.25, 0.3) is 5.69 Å². The average molecular weight is 280 g/mol. The van der Waals surface area contributed by atoms with E-state index in [-0.39, 0.29) is 11.7 Å². The van der Waals surface area contributed by atoms with Crippen LogP contribution in [-0.2, 0) is 0 Å². The van der Waals surface area contributed by atoms with E-state index in [1.807, 2.05) is 6.92 Å². The maximum Gasteiger partial charge on any atom is 0.338 e. The number of hydrogen-bond donors (Lipinski definition) is 2. The molecule has 0 aliphatic heterocycles. The largest absolute Gasteiger partial charge is 0.478 e. The Hall–Kier alpha value is -2.62. The van der Waals surface area contributed by atoms with Crippen LogP contribution in [0.5, 0.6) is 0 Å². The minimum atomic E-state index is -1.56. The van der Waals surface area contributed by atoms with Gasteiger partial charge in [0.05, 0.1) is 4.92 Å². The Kier molecular flexibility index (Phi) is 5.03. The maximum atomic E-state index is 13.6. The fourth-order valence-corrected chi connectivity index (χ4v) is 1.65. The lowest BCUT2D eigenvalue weighted by Gasteiger charge is -2.16. The molecular formula is C13H13FN2O4. The molecule has 0 heterocycles. The van der Waals surface area contributed by atoms with E-state index in [9.17, 15) is 19.3 Å². The fraction of sp³-hybridized carbons (Fsp3) is 0.308. The number of anilines is 1. The monoisotopic (exact) mass is 280 g/mol. The van der Waals surface area contributed by atoms with Crippen molar-refractivity contribution < 1.29 is 19.2 Å². The maximum absolute atomic E-state index is 13.6. The number of carboxylic acids is 1. The first-order chi connectivity index (χ1) is 9.40. The van der Waals surface area contributed by atoms with Crippen LogP contribution < -0.4 is 5.32 Å². The number of benzene rings is 1. The van der Waals surface area contributed by atoms with Gasteiger partial charge in [0, 0.05) is 24.6 Å². The molecule has 0 saturated heterocycles. The van der Waals surface area contributed by atoms with Crippen LogP contribution in [0.3, 0.4) is 0 Å². The molecule has 0 saturated carbocycles. The quantitative estimate of drug-likeness (QED) is 0.474. The molecule has 0 aliphatic rings. The number of nitrogens with one attached hydrogen (secondary N) is 1. The van der Waals surface area contributed by atoms with E-state index in [2.05, 4.69) is 11.2 Å². The molecule has 1 rings (SSSR count). The summed E-state index contributed by atoms with van der Waals surface area (Å²) in [6, 6.07) is 1.25. The van der Waals surface area contributed by atoms with Crippen molar-refractivity contribution in [2.75, 3.05) is 5.32 Å². The van der Waals surface area contributed by atoms with Crippen molar-refractivity contribution in [3.05, 3.63) is 33.6 Å². The number of halogens is 1. The van der Waals surface area contributed by atoms with Crippen LogP contribution in [0.25, 0.3) is 0 Å². The van der Waals surface area contributed by atoms with Crippen LogP contribution in [0.15, 0.2) is 12.1 Å². The Labute approximate surface area is 114 Å². The Balaban J connectivity index is 3.25. The van der Waals surface area contributed by atoms with Crippen molar-refractivity contribution in [3.63, 3.8) is 0 Å². The fourth-order valence-electron chi connectivity index (χ4n) is 1.65. The molecule has 0 spiro atoms. The molecule has 106 valence electrons. The second-order valence-electron chi connectivity index (χ2n) is 4.07. The molecule has 0 aromatic heterocycles. The van der Waals surface area contributed by atoms with Gasteiger partial charge in [0.2, 0.25) is 0 Å². The van der Waals surface area contributed by atoms with Crippen molar-refractivity contribution in [1.82, 2.24) is 0 Å². The van der Waals surface area contributed by atoms with Crippen molar-refractivity contribution >= 4 is 17.3 Å². The van der Waals surface area contributed by atoms with Crippen LogP contribution in [0.1, 0.15) is 30.1 Å². The van der Waals surface area contributed by atoms with Crippen molar-refractivity contribution in [2.45, 2.75) is 25.8 Å². The first-order valence-corrected chi connectivity index (χ1v) is 5.81. The molecule has 1 aromatic rings. The summed E-state index contributed by atoms with van der Waals surface area (Å²) in [4.78, 5) is 21.0. The molecular weight excluding hydrogens is 267 g/mol. The number of aromatic carboxylic acids is 1. The standard InChI is InChI=1S/C13H13FN2O4/c1-3-5-8(4-2)15-11-7-10(14)9(13(17)18)6-12(11)16(19)20/h1,6-8,15H,4-5H2,2H3,(H,17,18). The van der Waals surface area contributed by atoms with Crippen LogP contribution in [-0.4, -0.2) is 22.0 Å². The summed E-state index contributed by atoms with van der Waals surface area (Å²) in [6.07, 6.45) is 6.08. The highest BCUT2D eigenvalue weighted by Crippen LogP contribution is 2.29. The molecule has 0 radical (unpaired) electrons. The van der Waals surface area contributed by atoms with Gasteiger partial charge in [-0.25, -0.2) is 9.18 Å². The second-order valence-corrected chi connectivity index (χ2v) is 4.07. The highest BCUT2D eigenvalue weighted by atomic mass is 19.1. The number of terminal acetylenes is 1. The van der Waals surface area contributed by atoms with Gasteiger partial charge in [-0.1, -0.05) is 6.92 Å². The minimum absolute atomic E-state index is 0.0837. The molecule has 6 nitrogen and oxygen atoms in total. The topological polar surface area (TPSA) is 92.5 Å². The lowest BCUT2D eigenvalue weighted by molar-refractivity contribution is -0.384. The molecule has 1 atom stereocenters. The molecule has 0 fully saturated rings. The number of carboxylic acid groups (broad SMARTS) is 1. The van der Waals surface area contributed by atoms with E-state index >= 15 is 0 Å². The van der Waals surface area contributed by atoms with Gasteiger partial charge in [-0.15, -0.1) is 12.3 Å². The molecule has 2 N–H and O–H groups in total. The number of rotatable bonds is 6. The van der Waals surface area contributed by atoms with Gasteiger partial charge < -0.3 is 10.4 Å². The predicted molar refractivity (Wildman–Crippen MR) is 71.2 cm³/mol. The number of nitrogens with zero attached hydrogens (tertiary/aromatic N) is 1. The summed E-state index contributed by atoms with van der Waals surface area (Å²) in [7, 11) is 0. The summed E-state index contributed by atoms with van der Waals surface area (Å²) in [5.74, 6) is -0.191. The Bertz CT molecular complexity index is 580. The highest BCUT2D eigenvalue weighted by molar-refractivity contribution is 5.90. The SMILES string of the molecule is C#CCC(CC)Nc1cc(F)c(C(=O)O)cc1[N+](=O)[O-]. The molecule has 0 bridgehead atoms. The number of nitro groups is 1. The van der Waals surface area contributed by atoms with Gasteiger partial charge in [-0.05, 0) is 6.42 Å². The second kappa shape index (κ2) is 6.52. The molecule has 1 unspecified atom stereocenters. The zero-order chi connectivity index (χ0) is 15.3. The Morgan fingerprint density at radius 2 is 2.30 bits per heavy atom. The zero-order valence-electron chi connectivity index (χ0n) is 10.7. The van der Waals surface area contributed by atoms with Crippen LogP contribution in [0.2, 0.25) is 0 Å². The van der Waals surface area contributed by atoms with E-state index < -0.39 is 28.0 Å². The van der Waals surface area contributed by atoms with Crippen LogP contribution >= 0.6 is 0 Å². The zero-order valence-corrected chi connectivity index (χ0v) is 10.7. The van der Waals surface area contributed by atoms with Gasteiger partial charge in [0.15, 0.2) is 0 Å². The van der Waals surface area contributed by atoms with Gasteiger partial charge in [0.1, 0.15) is 17.1 Å². The highest BCUT2D eigenvalue weighted by Gasteiger charge is 2.23. The molecule has 0 aliphatic carbocycles. The van der Waals surface area contributed by atoms with Crippen LogP contribution in [0.4, 0.5) is 15.8 Å². The average Bonchev–Trinajstić information content (AvgIpc) is 2.37. The summed E-state index contributed by atoms with van der Waals surface area (Å²) >= 11 is 0. The third-order valence-electron chi connectivity index (χ3n) is 2.73. The van der Waals surface area contributed by atoms with E-state index in [0.29, 0.717) is 18.9 Å². The molecule has 1 aromatic carbocycles. The summed E-state index contributed by atoms with van der Waals surface area (Å²) in [5, 5.41) is 22.5. The lowest BCUT2D eigenvalue weighted by Crippen LogP contribution is -2.19. The van der Waals surface area contributed by atoms with Crippen molar-refractivity contribution in [1.29, 1.82) is 0 Å². The molecule has 20 heavy (non-hydrogen) atoms. The van der Waals surface area contributed by atoms with Gasteiger partial charge in [-0.2, -0.15) is 0 Å². The summed E-state index contributed by atoms with van der Waals surface area (Å²) in [6.45, 7) is 1.82. The number of nitro benzene ring substituents is 1. The van der Waals surface area contributed by atoms with Crippen molar-refractivity contribution in [2.24, 2.45) is 0 Å². The first kappa shape index (κ1) is 15.4. The predicted octanol–water partition coefficient (Wildman–Crippen LogP) is 2.65. The van der Waals surface area contributed by atoms with E-state index in [1.165, 1.54) is 0 Å². The number of hydrogen-bond acceptors (Lipinski definition) is 4. The van der Waals surface area contributed by atoms with E-state index in [1.54, 1.807) is 0 Å². The lowest BCUT2D eigenvalue weighted by atomic mass is 10.1. The first-order valence-electron chi connectivity index (χ1n) is 5.81. The molecule has 0 amide bonds. The minimum Gasteiger partial charge on any atom is -0.478 e. The summed E-state index contributed by atoms with van der Waals surface area (Å²) < 4.78 is 13.6. The van der Waals surface area contributed by atoms with Gasteiger partial charge >= 0.3 is 5.97 Å². The van der Waals surface area contributed by atoms with Crippen molar-refractivity contribution in [3.8, 4) is 12.3 Å². The number of carbonyl (C=O) groups is 1. The Morgan fingerprint density at radius 3 is 2.75 bits per heavy atom. The smallest absolute Gasteiger partial charge is 0.338 e. The Morgan fingerprint density at radius 1 is 1.65 bits per heavy atom. The third kappa shape index (κ3) is 3.45.